The molecule has 2 rings (SSSR count). The van der Waals surface area contributed by atoms with E-state index < -0.39 is 12.0 Å². The molecule has 19 heavy (non-hydrogen) atoms. The second-order valence-electron chi connectivity index (χ2n) is 4.68. The van der Waals surface area contributed by atoms with Crippen molar-refractivity contribution in [3.05, 3.63) is 24.3 Å². The Labute approximate surface area is 113 Å². The molecule has 1 aromatic carbocycles. The lowest BCUT2D eigenvalue weighted by Crippen LogP contribution is -2.55. The molecular weight excluding hydrogens is 244 g/mol. The summed E-state index contributed by atoms with van der Waals surface area (Å²) < 4.78 is 5.61. The Hall–Kier alpha value is -1.75. The fourth-order valence-electron chi connectivity index (χ4n) is 2.36. The van der Waals surface area contributed by atoms with Crippen molar-refractivity contribution in [2.24, 2.45) is 0 Å². The summed E-state index contributed by atoms with van der Waals surface area (Å²) in [6, 6.07) is 7.32. The smallest absolute Gasteiger partial charge is 0.322 e. The monoisotopic (exact) mass is 264 g/mol. The standard InChI is InChI=1S/C14H20N2O3/c1-3-19-13-7-5-4-6-11(13)16-9-8-15(2)12(10-16)14(17)18/h4-7,12H,3,8-10H2,1-2H3,(H,17,18). The maximum atomic E-state index is 11.3. The van der Waals surface area contributed by atoms with Crippen LogP contribution in [-0.4, -0.2) is 55.3 Å². The zero-order valence-corrected chi connectivity index (χ0v) is 11.4. The number of carboxylic acid groups (broad SMARTS) is 1. The largest absolute Gasteiger partial charge is 0.492 e. The number of rotatable bonds is 4. The molecule has 1 atom stereocenters. The Morgan fingerprint density at radius 2 is 2.16 bits per heavy atom. The summed E-state index contributed by atoms with van der Waals surface area (Å²) >= 11 is 0. The van der Waals surface area contributed by atoms with Gasteiger partial charge in [-0.25, -0.2) is 0 Å². The summed E-state index contributed by atoms with van der Waals surface area (Å²) in [6.07, 6.45) is 0. The van der Waals surface area contributed by atoms with Crippen LogP contribution in [0.5, 0.6) is 5.75 Å². The van der Waals surface area contributed by atoms with Gasteiger partial charge in [0.2, 0.25) is 0 Å². The van der Waals surface area contributed by atoms with Crippen LogP contribution in [0.15, 0.2) is 24.3 Å². The quantitative estimate of drug-likeness (QED) is 0.888. The molecule has 104 valence electrons. The Kier molecular flexibility index (Phi) is 4.27. The predicted octanol–water partition coefficient (Wildman–Crippen LogP) is 1.29. The number of hydrogen-bond donors (Lipinski definition) is 1. The summed E-state index contributed by atoms with van der Waals surface area (Å²) in [5.41, 5.74) is 0.976. The minimum absolute atomic E-state index is 0.469. The number of ether oxygens (including phenoxy) is 1. The third kappa shape index (κ3) is 2.98. The molecule has 1 heterocycles. The van der Waals surface area contributed by atoms with Crippen LogP contribution in [-0.2, 0) is 4.79 Å². The highest BCUT2D eigenvalue weighted by atomic mass is 16.5. The van der Waals surface area contributed by atoms with Crippen LogP contribution in [0, 0.1) is 0 Å². The van der Waals surface area contributed by atoms with Gasteiger partial charge in [0.05, 0.1) is 12.3 Å². The first-order chi connectivity index (χ1) is 9.13. The predicted molar refractivity (Wildman–Crippen MR) is 73.9 cm³/mol. The fourth-order valence-corrected chi connectivity index (χ4v) is 2.36. The molecule has 1 unspecified atom stereocenters. The lowest BCUT2D eigenvalue weighted by Gasteiger charge is -2.38. The lowest BCUT2D eigenvalue weighted by atomic mass is 10.1. The van der Waals surface area contributed by atoms with Gasteiger partial charge in [-0.3, -0.25) is 9.69 Å². The van der Waals surface area contributed by atoms with E-state index in [4.69, 9.17) is 4.74 Å². The first kappa shape index (κ1) is 13.7. The van der Waals surface area contributed by atoms with Gasteiger partial charge in [0, 0.05) is 19.6 Å². The zero-order chi connectivity index (χ0) is 13.8. The Morgan fingerprint density at radius 1 is 1.42 bits per heavy atom. The van der Waals surface area contributed by atoms with Crippen LogP contribution < -0.4 is 9.64 Å². The summed E-state index contributed by atoms with van der Waals surface area (Å²) in [5, 5.41) is 9.25. The van der Waals surface area contributed by atoms with E-state index in [1.165, 1.54) is 0 Å². The molecule has 5 nitrogen and oxygen atoms in total. The SMILES string of the molecule is CCOc1ccccc1N1CCN(C)C(C(=O)O)C1. The van der Waals surface area contributed by atoms with Crippen LogP contribution >= 0.6 is 0 Å². The highest BCUT2D eigenvalue weighted by molar-refractivity contribution is 5.75. The molecule has 0 aromatic heterocycles. The molecule has 0 spiro atoms. The van der Waals surface area contributed by atoms with E-state index >= 15 is 0 Å². The van der Waals surface area contributed by atoms with Gasteiger partial charge in [0.1, 0.15) is 11.8 Å². The van der Waals surface area contributed by atoms with Gasteiger partial charge in [-0.2, -0.15) is 0 Å². The number of piperazine rings is 1. The van der Waals surface area contributed by atoms with Crippen molar-refractivity contribution in [2.75, 3.05) is 38.2 Å². The number of hydrogen-bond acceptors (Lipinski definition) is 4. The third-order valence-corrected chi connectivity index (χ3v) is 3.44. The highest BCUT2D eigenvalue weighted by Gasteiger charge is 2.30. The van der Waals surface area contributed by atoms with Crippen molar-refractivity contribution in [3.8, 4) is 5.75 Å². The van der Waals surface area contributed by atoms with E-state index in [9.17, 15) is 9.90 Å². The molecule has 1 saturated heterocycles. The summed E-state index contributed by atoms with van der Waals surface area (Å²) in [7, 11) is 1.85. The number of carbonyl (C=O) groups is 1. The zero-order valence-electron chi connectivity index (χ0n) is 11.4. The second-order valence-corrected chi connectivity index (χ2v) is 4.68. The summed E-state index contributed by atoms with van der Waals surface area (Å²) in [6.45, 7) is 4.58. The molecule has 0 bridgehead atoms. The minimum Gasteiger partial charge on any atom is -0.492 e. The number of benzene rings is 1. The average molecular weight is 264 g/mol. The van der Waals surface area contributed by atoms with E-state index in [1.54, 1.807) is 0 Å². The van der Waals surface area contributed by atoms with Crippen LogP contribution in [0.3, 0.4) is 0 Å². The van der Waals surface area contributed by atoms with Gasteiger partial charge >= 0.3 is 5.97 Å². The van der Waals surface area contributed by atoms with Gasteiger partial charge in [-0.1, -0.05) is 12.1 Å². The first-order valence-electron chi connectivity index (χ1n) is 6.53. The minimum atomic E-state index is -0.777. The fraction of sp³-hybridized carbons (Fsp3) is 0.500. The lowest BCUT2D eigenvalue weighted by molar-refractivity contribution is -0.142. The first-order valence-corrected chi connectivity index (χ1v) is 6.53. The molecule has 1 fully saturated rings. The molecule has 0 amide bonds. The van der Waals surface area contributed by atoms with Gasteiger partial charge in [-0.15, -0.1) is 0 Å². The Morgan fingerprint density at radius 3 is 2.84 bits per heavy atom. The average Bonchev–Trinajstić information content (AvgIpc) is 2.40. The number of anilines is 1. The van der Waals surface area contributed by atoms with Crippen LogP contribution in [0.25, 0.3) is 0 Å². The van der Waals surface area contributed by atoms with E-state index in [0.29, 0.717) is 13.2 Å². The number of carboxylic acids is 1. The summed E-state index contributed by atoms with van der Waals surface area (Å²) in [5.74, 6) is 0.0415. The van der Waals surface area contributed by atoms with Gasteiger partial charge < -0.3 is 14.7 Å². The van der Waals surface area contributed by atoms with E-state index in [-0.39, 0.29) is 0 Å². The third-order valence-electron chi connectivity index (χ3n) is 3.44. The van der Waals surface area contributed by atoms with E-state index in [1.807, 2.05) is 43.1 Å². The molecule has 1 aromatic rings. The highest BCUT2D eigenvalue weighted by Crippen LogP contribution is 2.29. The molecule has 0 saturated carbocycles. The Balaban J connectivity index is 2.20. The number of likely N-dealkylation sites (N-methyl/N-ethyl adjacent to an activating group) is 1. The van der Waals surface area contributed by atoms with Crippen molar-refractivity contribution in [3.63, 3.8) is 0 Å². The van der Waals surface area contributed by atoms with Crippen molar-refractivity contribution in [2.45, 2.75) is 13.0 Å². The van der Waals surface area contributed by atoms with Gasteiger partial charge in [0.15, 0.2) is 0 Å². The van der Waals surface area contributed by atoms with Gasteiger partial charge in [0.25, 0.3) is 0 Å². The topological polar surface area (TPSA) is 53.0 Å². The van der Waals surface area contributed by atoms with E-state index in [2.05, 4.69) is 4.90 Å². The van der Waals surface area contributed by atoms with Crippen molar-refractivity contribution in [1.29, 1.82) is 0 Å². The van der Waals surface area contributed by atoms with Crippen LogP contribution in [0.2, 0.25) is 0 Å². The Bertz CT molecular complexity index is 450. The molecule has 1 N–H and O–H groups in total. The maximum Gasteiger partial charge on any atom is 0.322 e. The number of aliphatic carboxylic acids is 1. The summed E-state index contributed by atoms with van der Waals surface area (Å²) in [4.78, 5) is 15.2. The van der Waals surface area contributed by atoms with Crippen molar-refractivity contribution >= 4 is 11.7 Å². The van der Waals surface area contributed by atoms with Crippen molar-refractivity contribution < 1.29 is 14.6 Å². The second kappa shape index (κ2) is 5.93. The molecule has 1 aliphatic rings. The molecule has 0 aliphatic carbocycles. The number of para-hydroxylation sites is 2. The van der Waals surface area contributed by atoms with Gasteiger partial charge in [-0.05, 0) is 26.1 Å². The van der Waals surface area contributed by atoms with Crippen LogP contribution in [0.4, 0.5) is 5.69 Å². The van der Waals surface area contributed by atoms with Crippen LogP contribution in [0.1, 0.15) is 6.92 Å². The molecule has 5 heteroatoms. The normalized spacial score (nSPS) is 20.3. The van der Waals surface area contributed by atoms with Crippen molar-refractivity contribution in [1.82, 2.24) is 4.90 Å². The molecule has 0 radical (unpaired) electrons. The molecule has 1 aliphatic heterocycles. The maximum absolute atomic E-state index is 11.3. The molecular formula is C14H20N2O3. The number of nitrogens with zero attached hydrogens (tertiary/aromatic N) is 2. The van der Waals surface area contributed by atoms with E-state index in [0.717, 1.165) is 24.5 Å².